The summed E-state index contributed by atoms with van der Waals surface area (Å²) in [7, 11) is 0. The molecule has 0 saturated carbocycles. The highest BCUT2D eigenvalue weighted by Crippen LogP contribution is 2.32. The number of imidazole rings is 1. The van der Waals surface area contributed by atoms with Gasteiger partial charge in [0.05, 0.1) is 11.1 Å². The number of carbonyl (C=O) groups excluding carboxylic acids is 1. The fraction of sp³-hybridized carbons (Fsp3) is 0.297. The average molecular weight is 561 g/mol. The summed E-state index contributed by atoms with van der Waals surface area (Å²) in [5.41, 5.74) is 7.37. The predicted molar refractivity (Wildman–Crippen MR) is 170 cm³/mol. The summed E-state index contributed by atoms with van der Waals surface area (Å²) >= 11 is 0. The molecule has 0 N–H and O–H groups in total. The fourth-order valence-corrected chi connectivity index (χ4v) is 5.20. The molecule has 5 aromatic rings. The molecule has 0 aliphatic rings. The van der Waals surface area contributed by atoms with Gasteiger partial charge in [-0.2, -0.15) is 0 Å². The first-order chi connectivity index (χ1) is 20.2. The summed E-state index contributed by atoms with van der Waals surface area (Å²) in [5, 5.41) is 0. The average Bonchev–Trinajstić information content (AvgIpc) is 3.34. The molecule has 42 heavy (non-hydrogen) atoms. The fourth-order valence-electron chi connectivity index (χ4n) is 5.20. The van der Waals surface area contributed by atoms with E-state index < -0.39 is 5.60 Å². The molecular formula is C37H40N2O3. The van der Waals surface area contributed by atoms with E-state index in [-0.39, 0.29) is 5.97 Å². The van der Waals surface area contributed by atoms with Gasteiger partial charge in [-0.25, -0.2) is 9.78 Å². The van der Waals surface area contributed by atoms with Gasteiger partial charge >= 0.3 is 5.97 Å². The Bertz CT molecular complexity index is 1660. The van der Waals surface area contributed by atoms with Gasteiger partial charge in [0.25, 0.3) is 0 Å². The van der Waals surface area contributed by atoms with Gasteiger partial charge in [-0.3, -0.25) is 0 Å². The van der Waals surface area contributed by atoms with Crippen molar-refractivity contribution in [2.45, 2.75) is 72.6 Å². The largest absolute Gasteiger partial charge is 0.487 e. The molecule has 0 fully saturated rings. The molecule has 0 aliphatic carbocycles. The number of fused-ring (bicyclic) bond motifs is 1. The van der Waals surface area contributed by atoms with Gasteiger partial charge in [0.1, 0.15) is 29.3 Å². The quantitative estimate of drug-likeness (QED) is 0.160. The highest BCUT2D eigenvalue weighted by atomic mass is 16.6. The molecule has 0 amide bonds. The molecule has 0 spiro atoms. The van der Waals surface area contributed by atoms with E-state index in [2.05, 4.69) is 60.9 Å². The summed E-state index contributed by atoms with van der Waals surface area (Å²) in [6.07, 6.45) is 3.08. The van der Waals surface area contributed by atoms with Crippen molar-refractivity contribution >= 4 is 17.0 Å². The maximum absolute atomic E-state index is 12.9. The second-order valence-corrected chi connectivity index (χ2v) is 11.8. The molecule has 0 bridgehead atoms. The van der Waals surface area contributed by atoms with Crippen molar-refractivity contribution in [3.8, 4) is 16.9 Å². The number of benzene rings is 4. The van der Waals surface area contributed by atoms with E-state index >= 15 is 0 Å². The minimum absolute atomic E-state index is 0.312. The number of carbonyl (C=O) groups is 1. The Hall–Kier alpha value is -4.38. The topological polar surface area (TPSA) is 53.4 Å². The zero-order valence-corrected chi connectivity index (χ0v) is 25.3. The van der Waals surface area contributed by atoms with Crippen LogP contribution in [0, 0.1) is 6.92 Å². The van der Waals surface area contributed by atoms with Crippen LogP contribution in [0.15, 0.2) is 91.0 Å². The smallest absolute Gasteiger partial charge is 0.339 e. The van der Waals surface area contributed by atoms with Crippen molar-refractivity contribution in [3.63, 3.8) is 0 Å². The number of rotatable bonds is 10. The lowest BCUT2D eigenvalue weighted by atomic mass is 9.98. The van der Waals surface area contributed by atoms with Crippen LogP contribution in [-0.2, 0) is 24.3 Å². The molecule has 5 rings (SSSR count). The Labute approximate surface area is 249 Å². The van der Waals surface area contributed by atoms with Gasteiger partial charge in [0.2, 0.25) is 0 Å². The Morgan fingerprint density at radius 1 is 0.857 bits per heavy atom. The molecule has 216 valence electrons. The zero-order chi connectivity index (χ0) is 29.7. The Kier molecular flexibility index (Phi) is 8.77. The molecule has 5 heteroatoms. The number of nitrogens with zero attached hydrogens (tertiary/aromatic N) is 2. The summed E-state index contributed by atoms with van der Waals surface area (Å²) in [6.45, 7) is 11.2. The highest BCUT2D eigenvalue weighted by molar-refractivity contribution is 5.97. The summed E-state index contributed by atoms with van der Waals surface area (Å²) < 4.78 is 14.3. The van der Waals surface area contributed by atoms with Crippen molar-refractivity contribution in [1.29, 1.82) is 0 Å². The molecule has 0 atom stereocenters. The normalized spacial score (nSPS) is 11.5. The number of ether oxygens (including phenoxy) is 2. The Morgan fingerprint density at radius 3 is 2.29 bits per heavy atom. The standard InChI is InChI=1S/C37H40N2O3/c1-6-7-17-33-38-34-32(41-25-28-13-9-8-10-14-28)23-18-26(2)35(34)39(33)24-27-19-21-29(22-20-27)30-15-11-12-16-31(30)36(40)42-37(3,4)5/h8-16,18-23H,6-7,17,24-25H2,1-5H3. The first-order valence-electron chi connectivity index (χ1n) is 14.8. The second kappa shape index (κ2) is 12.6. The van der Waals surface area contributed by atoms with E-state index in [0.717, 1.165) is 58.6 Å². The maximum Gasteiger partial charge on any atom is 0.339 e. The lowest BCUT2D eigenvalue weighted by Crippen LogP contribution is -2.24. The molecule has 0 radical (unpaired) electrons. The summed E-state index contributed by atoms with van der Waals surface area (Å²) in [4.78, 5) is 18.1. The molecule has 1 heterocycles. The van der Waals surface area contributed by atoms with Gasteiger partial charge in [-0.1, -0.05) is 92.2 Å². The lowest BCUT2D eigenvalue weighted by molar-refractivity contribution is 0.00704. The van der Waals surface area contributed by atoms with E-state index in [0.29, 0.717) is 18.7 Å². The van der Waals surface area contributed by atoms with Crippen LogP contribution in [0.4, 0.5) is 0 Å². The van der Waals surface area contributed by atoms with Crippen LogP contribution >= 0.6 is 0 Å². The zero-order valence-electron chi connectivity index (χ0n) is 25.3. The number of hydrogen-bond donors (Lipinski definition) is 0. The number of aromatic nitrogens is 2. The predicted octanol–water partition coefficient (Wildman–Crippen LogP) is 8.94. The number of esters is 1. The number of hydrogen-bond acceptors (Lipinski definition) is 4. The number of unbranched alkanes of at least 4 members (excludes halogenated alkanes) is 1. The Morgan fingerprint density at radius 2 is 1.57 bits per heavy atom. The molecule has 4 aromatic carbocycles. The summed E-state index contributed by atoms with van der Waals surface area (Å²) in [5.74, 6) is 1.57. The van der Waals surface area contributed by atoms with Crippen molar-refractivity contribution < 1.29 is 14.3 Å². The van der Waals surface area contributed by atoms with Crippen molar-refractivity contribution in [2.24, 2.45) is 0 Å². The number of aryl methyl sites for hydroxylation is 2. The van der Waals surface area contributed by atoms with Crippen LogP contribution in [0.5, 0.6) is 5.75 Å². The summed E-state index contributed by atoms with van der Waals surface area (Å²) in [6, 6.07) is 30.5. The molecule has 1 aromatic heterocycles. The van der Waals surface area contributed by atoms with Crippen LogP contribution in [0.3, 0.4) is 0 Å². The van der Waals surface area contributed by atoms with Crippen LogP contribution in [-0.4, -0.2) is 21.1 Å². The van der Waals surface area contributed by atoms with Crippen molar-refractivity contribution in [2.75, 3.05) is 0 Å². The Balaban J connectivity index is 1.45. The SMILES string of the molecule is CCCCc1nc2c(OCc3ccccc3)ccc(C)c2n1Cc1ccc(-c2ccccc2C(=O)OC(C)(C)C)cc1. The molecule has 0 aliphatic heterocycles. The van der Waals surface area contributed by atoms with Crippen molar-refractivity contribution in [3.05, 3.63) is 119 Å². The molecular weight excluding hydrogens is 520 g/mol. The van der Waals surface area contributed by atoms with Crippen molar-refractivity contribution in [1.82, 2.24) is 9.55 Å². The second-order valence-electron chi connectivity index (χ2n) is 11.8. The third-order valence-corrected chi connectivity index (χ3v) is 7.28. The maximum atomic E-state index is 12.9. The minimum Gasteiger partial charge on any atom is -0.487 e. The monoisotopic (exact) mass is 560 g/mol. The van der Waals surface area contributed by atoms with E-state index in [9.17, 15) is 4.79 Å². The molecule has 0 unspecified atom stereocenters. The molecule has 5 nitrogen and oxygen atoms in total. The van der Waals surface area contributed by atoms with Crippen LogP contribution < -0.4 is 4.74 Å². The third-order valence-electron chi connectivity index (χ3n) is 7.28. The molecule has 0 saturated heterocycles. The van der Waals surface area contributed by atoms with Gasteiger partial charge in [-0.15, -0.1) is 0 Å². The van der Waals surface area contributed by atoms with Gasteiger partial charge in [0.15, 0.2) is 0 Å². The van der Waals surface area contributed by atoms with Gasteiger partial charge in [-0.05, 0) is 74.1 Å². The van der Waals surface area contributed by atoms with Gasteiger partial charge in [0, 0.05) is 13.0 Å². The van der Waals surface area contributed by atoms with Crippen LogP contribution in [0.25, 0.3) is 22.2 Å². The van der Waals surface area contributed by atoms with E-state index in [1.165, 1.54) is 11.1 Å². The van der Waals surface area contributed by atoms with E-state index in [4.69, 9.17) is 14.5 Å². The highest BCUT2D eigenvalue weighted by Gasteiger charge is 2.21. The van der Waals surface area contributed by atoms with E-state index in [1.807, 2.05) is 69.3 Å². The lowest BCUT2D eigenvalue weighted by Gasteiger charge is -2.20. The first kappa shape index (κ1) is 29.1. The van der Waals surface area contributed by atoms with Crippen LogP contribution in [0.1, 0.15) is 73.4 Å². The van der Waals surface area contributed by atoms with E-state index in [1.54, 1.807) is 0 Å². The van der Waals surface area contributed by atoms with Crippen LogP contribution in [0.2, 0.25) is 0 Å². The minimum atomic E-state index is -0.554. The van der Waals surface area contributed by atoms with Gasteiger partial charge < -0.3 is 14.0 Å². The first-order valence-corrected chi connectivity index (χ1v) is 14.8. The third kappa shape index (κ3) is 6.73.